The number of nitrogens with zero attached hydrogens (tertiary/aromatic N) is 1. The van der Waals surface area contributed by atoms with Gasteiger partial charge in [-0.2, -0.15) is 0 Å². The van der Waals surface area contributed by atoms with Crippen LogP contribution >= 0.6 is 23.2 Å². The van der Waals surface area contributed by atoms with Crippen molar-refractivity contribution in [2.45, 2.75) is 64.1 Å². The molecule has 0 saturated heterocycles. The third kappa shape index (κ3) is 8.22. The molecule has 0 bridgehead atoms. The summed E-state index contributed by atoms with van der Waals surface area (Å²) in [5, 5.41) is 6.44. The monoisotopic (exact) mass is 622 g/mol. The van der Waals surface area contributed by atoms with Gasteiger partial charge in [-0.05, 0) is 54.6 Å². The van der Waals surface area contributed by atoms with Gasteiger partial charge in [-0.3, -0.25) is 19.2 Å². The lowest BCUT2D eigenvalue weighted by atomic mass is 9.91. The number of anilines is 1. The summed E-state index contributed by atoms with van der Waals surface area (Å²) in [5.74, 6) is -1.10. The van der Waals surface area contributed by atoms with Crippen molar-refractivity contribution in [2.75, 3.05) is 11.9 Å². The molecule has 0 radical (unpaired) electrons. The number of ketones is 1. The molecule has 1 aliphatic heterocycles. The maximum absolute atomic E-state index is 13.4. The van der Waals surface area contributed by atoms with Crippen LogP contribution in [0.1, 0.15) is 59.7 Å². The van der Waals surface area contributed by atoms with Gasteiger partial charge >= 0.3 is 0 Å². The standard InChI is InChI=1S/C33H36Cl2N4O4/c1-2-25-27(13-12-26(34)32(25)35)38-33(43)28(16-17-36)37-30(41)19-24-18-22-10-6-7-11-23(22)20-39(24)31(42)15-14-29(40)21-8-4-3-5-9-21/h3-13,24,28H,2,14-20,36H2,1H3,(H,37,41)(H,38,43)/t24-,28-/m0/s1. The fraction of sp³-hybridized carbons (Fsp3) is 0.333. The van der Waals surface area contributed by atoms with Gasteiger partial charge in [0.1, 0.15) is 6.04 Å². The van der Waals surface area contributed by atoms with Crippen LogP contribution in [0, 0.1) is 0 Å². The average Bonchev–Trinajstić information content (AvgIpc) is 3.01. The molecule has 226 valence electrons. The molecule has 0 fully saturated rings. The van der Waals surface area contributed by atoms with Crippen LogP contribution in [-0.2, 0) is 33.8 Å². The number of carbonyl (C=O) groups is 4. The Kier molecular flexibility index (Phi) is 11.3. The van der Waals surface area contributed by atoms with E-state index < -0.39 is 18.0 Å². The van der Waals surface area contributed by atoms with Crippen molar-refractivity contribution in [3.8, 4) is 0 Å². The Morgan fingerprint density at radius 1 is 0.953 bits per heavy atom. The number of benzene rings is 3. The molecule has 0 aliphatic carbocycles. The number of halogens is 2. The molecule has 1 aliphatic rings. The van der Waals surface area contributed by atoms with Crippen LogP contribution in [0.15, 0.2) is 66.7 Å². The number of nitrogens with one attached hydrogen (secondary N) is 2. The number of nitrogens with two attached hydrogens (primary N) is 1. The van der Waals surface area contributed by atoms with E-state index in [0.717, 1.165) is 11.1 Å². The number of rotatable bonds is 12. The average molecular weight is 624 g/mol. The number of fused-ring (bicyclic) bond motifs is 1. The van der Waals surface area contributed by atoms with E-state index in [0.29, 0.717) is 46.2 Å². The minimum atomic E-state index is -0.889. The molecule has 3 aromatic carbocycles. The van der Waals surface area contributed by atoms with Crippen molar-refractivity contribution in [2.24, 2.45) is 5.73 Å². The van der Waals surface area contributed by atoms with Gasteiger partial charge in [0.2, 0.25) is 17.7 Å². The largest absolute Gasteiger partial charge is 0.344 e. The summed E-state index contributed by atoms with van der Waals surface area (Å²) < 4.78 is 0. The van der Waals surface area contributed by atoms with E-state index >= 15 is 0 Å². The van der Waals surface area contributed by atoms with Crippen LogP contribution in [0.4, 0.5) is 5.69 Å². The molecule has 3 amide bonds. The van der Waals surface area contributed by atoms with Crippen LogP contribution in [-0.4, -0.2) is 47.0 Å². The van der Waals surface area contributed by atoms with Gasteiger partial charge in [0.05, 0.1) is 10.0 Å². The maximum atomic E-state index is 13.4. The SMILES string of the molecule is CCc1c(NC(=O)[C@H](CCN)NC(=O)C[C@@H]2Cc3ccccc3CN2C(=O)CCC(=O)c2ccccc2)ccc(Cl)c1Cl. The molecule has 0 saturated carbocycles. The van der Waals surface area contributed by atoms with Gasteiger partial charge < -0.3 is 21.3 Å². The zero-order valence-corrected chi connectivity index (χ0v) is 25.6. The van der Waals surface area contributed by atoms with Crippen molar-refractivity contribution in [3.05, 3.63) is 99.0 Å². The van der Waals surface area contributed by atoms with Crippen molar-refractivity contribution >= 4 is 52.4 Å². The Morgan fingerprint density at radius 2 is 1.65 bits per heavy atom. The molecule has 0 unspecified atom stereocenters. The van der Waals surface area contributed by atoms with Crippen molar-refractivity contribution in [1.29, 1.82) is 0 Å². The van der Waals surface area contributed by atoms with E-state index in [4.69, 9.17) is 28.9 Å². The zero-order chi connectivity index (χ0) is 30.9. The van der Waals surface area contributed by atoms with E-state index in [1.165, 1.54) is 0 Å². The zero-order valence-electron chi connectivity index (χ0n) is 24.1. The van der Waals surface area contributed by atoms with Gasteiger partial charge in [0, 0.05) is 43.1 Å². The van der Waals surface area contributed by atoms with Gasteiger partial charge in [0.25, 0.3) is 0 Å². The predicted molar refractivity (Wildman–Crippen MR) is 169 cm³/mol. The first kappa shape index (κ1) is 32.2. The Morgan fingerprint density at radius 3 is 2.35 bits per heavy atom. The first-order chi connectivity index (χ1) is 20.7. The highest BCUT2D eigenvalue weighted by Crippen LogP contribution is 2.32. The second-order valence-electron chi connectivity index (χ2n) is 10.6. The molecule has 3 aromatic rings. The van der Waals surface area contributed by atoms with Gasteiger partial charge in [-0.15, -0.1) is 0 Å². The van der Waals surface area contributed by atoms with Gasteiger partial charge in [-0.1, -0.05) is 84.7 Å². The van der Waals surface area contributed by atoms with Gasteiger partial charge in [-0.25, -0.2) is 0 Å². The maximum Gasteiger partial charge on any atom is 0.247 e. The molecule has 43 heavy (non-hydrogen) atoms. The second kappa shape index (κ2) is 15.1. The Hall–Kier alpha value is -3.72. The molecule has 0 aromatic heterocycles. The predicted octanol–water partition coefficient (Wildman–Crippen LogP) is 5.33. The lowest BCUT2D eigenvalue weighted by Gasteiger charge is -2.37. The minimum absolute atomic E-state index is 0.00591. The van der Waals surface area contributed by atoms with E-state index in [1.807, 2.05) is 37.3 Å². The molecule has 2 atom stereocenters. The van der Waals surface area contributed by atoms with Crippen molar-refractivity contribution in [3.63, 3.8) is 0 Å². The van der Waals surface area contributed by atoms with Gasteiger partial charge in [0.15, 0.2) is 5.78 Å². The van der Waals surface area contributed by atoms with E-state index in [-0.39, 0.29) is 49.8 Å². The molecule has 8 nitrogen and oxygen atoms in total. The Labute approximate surface area is 261 Å². The van der Waals surface area contributed by atoms with Crippen molar-refractivity contribution in [1.82, 2.24) is 10.2 Å². The molecule has 0 spiro atoms. The van der Waals surface area contributed by atoms with E-state index in [9.17, 15) is 19.2 Å². The van der Waals surface area contributed by atoms with E-state index in [1.54, 1.807) is 41.3 Å². The Bertz CT molecular complexity index is 1480. The third-order valence-corrected chi connectivity index (χ3v) is 8.52. The summed E-state index contributed by atoms with van der Waals surface area (Å²) in [4.78, 5) is 54.3. The van der Waals surface area contributed by atoms with Crippen LogP contribution in [0.2, 0.25) is 10.0 Å². The quantitative estimate of drug-likeness (QED) is 0.236. The minimum Gasteiger partial charge on any atom is -0.344 e. The lowest BCUT2D eigenvalue weighted by Crippen LogP contribution is -2.50. The summed E-state index contributed by atoms with van der Waals surface area (Å²) in [6.45, 7) is 2.42. The summed E-state index contributed by atoms with van der Waals surface area (Å²) in [5.41, 5.74) is 9.63. The normalized spacial score (nSPS) is 14.9. The number of hydrogen-bond donors (Lipinski definition) is 3. The first-order valence-corrected chi connectivity index (χ1v) is 15.2. The smallest absolute Gasteiger partial charge is 0.247 e. The lowest BCUT2D eigenvalue weighted by molar-refractivity contribution is -0.136. The molecule has 1 heterocycles. The van der Waals surface area contributed by atoms with Crippen LogP contribution in [0.5, 0.6) is 0 Å². The van der Waals surface area contributed by atoms with E-state index in [2.05, 4.69) is 10.6 Å². The first-order valence-electron chi connectivity index (χ1n) is 14.4. The fourth-order valence-corrected chi connectivity index (χ4v) is 5.85. The van der Waals surface area contributed by atoms with Crippen LogP contribution < -0.4 is 16.4 Å². The summed E-state index contributed by atoms with van der Waals surface area (Å²) in [6, 6.07) is 18.6. The Balaban J connectivity index is 1.45. The highest BCUT2D eigenvalue weighted by molar-refractivity contribution is 6.42. The molecular formula is C33H36Cl2N4O4. The van der Waals surface area contributed by atoms with Crippen LogP contribution in [0.3, 0.4) is 0 Å². The molecule has 4 N–H and O–H groups in total. The highest BCUT2D eigenvalue weighted by Gasteiger charge is 2.32. The number of Topliss-reactive ketones (excluding diaryl/α,β-unsaturated/α-hetero) is 1. The fourth-order valence-electron chi connectivity index (χ4n) is 5.37. The van der Waals surface area contributed by atoms with Crippen molar-refractivity contribution < 1.29 is 19.2 Å². The topological polar surface area (TPSA) is 122 Å². The summed E-state index contributed by atoms with van der Waals surface area (Å²) in [7, 11) is 0. The second-order valence-corrected chi connectivity index (χ2v) is 11.4. The third-order valence-electron chi connectivity index (χ3n) is 7.67. The van der Waals surface area contributed by atoms with Crippen LogP contribution in [0.25, 0.3) is 0 Å². The summed E-state index contributed by atoms with van der Waals surface area (Å²) in [6.07, 6.45) is 1.36. The number of amides is 3. The highest BCUT2D eigenvalue weighted by atomic mass is 35.5. The molecular weight excluding hydrogens is 587 g/mol. The number of carbonyl (C=O) groups excluding carboxylic acids is 4. The molecule has 4 rings (SSSR count). The molecule has 10 heteroatoms. The summed E-state index contributed by atoms with van der Waals surface area (Å²) >= 11 is 12.5. The number of hydrogen-bond acceptors (Lipinski definition) is 5.